The molecule has 0 aliphatic carbocycles. The first kappa shape index (κ1) is 37.6. The van der Waals surface area contributed by atoms with E-state index >= 15 is 0 Å². The molecule has 1 amide bonds. The van der Waals surface area contributed by atoms with Crippen LogP contribution in [0.25, 0.3) is 5.57 Å². The first-order chi connectivity index (χ1) is 22.9. The highest BCUT2D eigenvalue weighted by atomic mass is 19.2. The van der Waals surface area contributed by atoms with Crippen molar-refractivity contribution in [1.29, 1.82) is 0 Å². The van der Waals surface area contributed by atoms with E-state index in [1.165, 1.54) is 17.2 Å². The second-order valence-corrected chi connectivity index (χ2v) is 11.6. The maximum absolute atomic E-state index is 13.8. The Morgan fingerprint density at radius 3 is 2.38 bits per heavy atom. The van der Waals surface area contributed by atoms with Crippen molar-refractivity contribution in [2.45, 2.75) is 93.3 Å². The number of allylic oxidation sites excluding steroid dienone is 3. The van der Waals surface area contributed by atoms with E-state index in [0.717, 1.165) is 52.8 Å². The number of nitrogens with one attached hydrogen (secondary N) is 3. The van der Waals surface area contributed by atoms with Crippen LogP contribution >= 0.6 is 0 Å². The van der Waals surface area contributed by atoms with Gasteiger partial charge in [0.2, 0.25) is 0 Å². The van der Waals surface area contributed by atoms with Crippen molar-refractivity contribution in [3.05, 3.63) is 105 Å². The number of amides is 1. The molecule has 0 saturated carbocycles. The third-order valence-electron chi connectivity index (χ3n) is 8.63. The Bertz CT molecular complexity index is 1730. The SMILES string of the molecule is C=C(C(=O)NC(C)c1ccc(F)c(F)c1)C(=NCc1ccc(C2=C(CC)Cc3c(n[nH]c3N)N=C2)cc1)NC(C)C(C)=C(C)CC.CC. The first-order valence-electron chi connectivity index (χ1n) is 16.5. The van der Waals surface area contributed by atoms with Crippen molar-refractivity contribution in [2.75, 3.05) is 5.73 Å². The Morgan fingerprint density at radius 2 is 1.75 bits per heavy atom. The monoisotopic (exact) mass is 657 g/mol. The summed E-state index contributed by atoms with van der Waals surface area (Å²) in [6, 6.07) is 11.0. The largest absolute Gasteiger partial charge is 0.384 e. The standard InChI is InChI=1S/C36H43F2N7O.C2H6/c1-8-20(3)21(4)23(6)42-34(22(5)36(46)43-24(7)28-14-15-31(37)32(38)17-28)40-18-25-10-12-27(13-11-25)30-19-41-35-29(16-26(30)9-2)33(39)44-45-35;1-2/h10-15,17,19,23-24H,5,8-9,16,18H2,1-4,6-7H3,(H,40,42)(H,43,46)(H3,39,44,45);1-2H3. The number of aliphatic imine (C=N–C) groups is 2. The third-order valence-corrected chi connectivity index (χ3v) is 8.63. The van der Waals surface area contributed by atoms with Crippen LogP contribution in [0.1, 0.15) is 96.5 Å². The summed E-state index contributed by atoms with van der Waals surface area (Å²) in [7, 11) is 0. The number of benzene rings is 2. The summed E-state index contributed by atoms with van der Waals surface area (Å²) in [5.74, 6) is -0.877. The van der Waals surface area contributed by atoms with E-state index in [0.29, 0.717) is 36.0 Å². The van der Waals surface area contributed by atoms with Gasteiger partial charge in [-0.25, -0.2) is 13.8 Å². The molecule has 4 rings (SSSR count). The van der Waals surface area contributed by atoms with E-state index in [1.54, 1.807) is 6.92 Å². The van der Waals surface area contributed by atoms with Gasteiger partial charge in [0.15, 0.2) is 17.5 Å². The molecular weight excluding hydrogens is 608 g/mol. The van der Waals surface area contributed by atoms with E-state index in [2.05, 4.69) is 60.1 Å². The summed E-state index contributed by atoms with van der Waals surface area (Å²) in [4.78, 5) is 22.7. The fraction of sp³-hybridized carbons (Fsp3) is 0.368. The van der Waals surface area contributed by atoms with Crippen molar-refractivity contribution in [3.63, 3.8) is 0 Å². The quantitative estimate of drug-likeness (QED) is 0.0715. The Balaban J connectivity index is 0.00000307. The smallest absolute Gasteiger partial charge is 0.254 e. The molecular formula is C38H49F2N7O. The number of aromatic nitrogens is 2. The Labute approximate surface area is 283 Å². The zero-order valence-corrected chi connectivity index (χ0v) is 29.4. The van der Waals surface area contributed by atoms with Crippen LogP contribution in [-0.4, -0.2) is 34.2 Å². The van der Waals surface area contributed by atoms with Crippen molar-refractivity contribution >= 4 is 35.2 Å². The molecule has 2 aromatic carbocycles. The number of carbonyl (C=O) groups excluding carboxylic acids is 1. The van der Waals surface area contributed by atoms with Gasteiger partial charge in [0.1, 0.15) is 11.7 Å². The minimum atomic E-state index is -0.973. The molecule has 5 N–H and O–H groups in total. The van der Waals surface area contributed by atoms with Gasteiger partial charge in [-0.2, -0.15) is 5.10 Å². The predicted octanol–water partition coefficient (Wildman–Crippen LogP) is 8.48. The molecule has 1 aromatic heterocycles. The maximum atomic E-state index is 13.8. The van der Waals surface area contributed by atoms with Crippen LogP contribution in [0.4, 0.5) is 20.4 Å². The second-order valence-electron chi connectivity index (χ2n) is 11.6. The molecule has 3 aromatic rings. The number of carbonyl (C=O) groups is 1. The topological polar surface area (TPSA) is 121 Å². The van der Waals surface area contributed by atoms with Gasteiger partial charge in [-0.15, -0.1) is 0 Å². The molecule has 2 atom stereocenters. The third kappa shape index (κ3) is 9.14. The molecule has 0 saturated heterocycles. The van der Waals surface area contributed by atoms with Crippen molar-refractivity contribution in [3.8, 4) is 0 Å². The minimum Gasteiger partial charge on any atom is -0.384 e. The molecule has 1 aliphatic heterocycles. The predicted molar refractivity (Wildman–Crippen MR) is 194 cm³/mol. The van der Waals surface area contributed by atoms with Gasteiger partial charge in [0.05, 0.1) is 18.2 Å². The van der Waals surface area contributed by atoms with Crippen LogP contribution in [-0.2, 0) is 17.8 Å². The lowest BCUT2D eigenvalue weighted by Gasteiger charge is -2.22. The number of halogens is 2. The van der Waals surface area contributed by atoms with Crippen molar-refractivity contribution in [2.24, 2.45) is 9.98 Å². The zero-order chi connectivity index (χ0) is 35.5. The molecule has 10 heteroatoms. The number of anilines is 1. The fourth-order valence-electron chi connectivity index (χ4n) is 5.18. The van der Waals surface area contributed by atoms with E-state index < -0.39 is 23.6 Å². The number of nitrogens with two attached hydrogens (primary N) is 1. The number of fused-ring (bicyclic) bond motifs is 1. The number of H-pyrrole nitrogens is 1. The lowest BCUT2D eigenvalue weighted by atomic mass is 9.94. The Kier molecular flexibility index (Phi) is 13.6. The summed E-state index contributed by atoms with van der Waals surface area (Å²) in [5, 5.41) is 13.2. The van der Waals surface area contributed by atoms with Crippen LogP contribution in [0.2, 0.25) is 0 Å². The lowest BCUT2D eigenvalue weighted by Crippen LogP contribution is -2.40. The number of aromatic amines is 1. The molecule has 48 heavy (non-hydrogen) atoms. The lowest BCUT2D eigenvalue weighted by molar-refractivity contribution is -0.117. The summed E-state index contributed by atoms with van der Waals surface area (Å²) in [6.45, 7) is 20.4. The van der Waals surface area contributed by atoms with Crippen LogP contribution in [0.3, 0.4) is 0 Å². The van der Waals surface area contributed by atoms with Crippen molar-refractivity contribution in [1.82, 2.24) is 20.8 Å². The Hall–Kier alpha value is -4.86. The number of hydrogen-bond donors (Lipinski definition) is 4. The zero-order valence-electron chi connectivity index (χ0n) is 29.4. The number of hydrogen-bond acceptors (Lipinski definition) is 5. The summed E-state index contributed by atoms with van der Waals surface area (Å²) in [5.41, 5.74) is 14.2. The normalized spacial score (nSPS) is 14.6. The highest BCUT2D eigenvalue weighted by Gasteiger charge is 2.21. The first-order valence-corrected chi connectivity index (χ1v) is 16.5. The summed E-state index contributed by atoms with van der Waals surface area (Å²) >= 11 is 0. The van der Waals surface area contributed by atoms with Gasteiger partial charge in [-0.3, -0.25) is 14.9 Å². The Morgan fingerprint density at radius 1 is 1.06 bits per heavy atom. The van der Waals surface area contributed by atoms with Crippen molar-refractivity contribution < 1.29 is 13.6 Å². The van der Waals surface area contributed by atoms with Crippen LogP contribution in [0.15, 0.2) is 81.3 Å². The molecule has 0 radical (unpaired) electrons. The van der Waals surface area contributed by atoms with Gasteiger partial charge in [-0.05, 0) is 74.9 Å². The molecule has 1 aliphatic rings. The van der Waals surface area contributed by atoms with Gasteiger partial charge in [0, 0.05) is 24.2 Å². The molecule has 256 valence electrons. The average Bonchev–Trinajstić information content (AvgIpc) is 3.33. The second kappa shape index (κ2) is 17.3. The molecule has 0 bridgehead atoms. The number of nitrogens with zero attached hydrogens (tertiary/aromatic N) is 3. The van der Waals surface area contributed by atoms with Gasteiger partial charge in [-0.1, -0.05) is 81.3 Å². The maximum Gasteiger partial charge on any atom is 0.254 e. The molecule has 2 heterocycles. The highest BCUT2D eigenvalue weighted by molar-refractivity contribution is 6.20. The number of rotatable bonds is 11. The van der Waals surface area contributed by atoms with Gasteiger partial charge < -0.3 is 16.4 Å². The molecule has 0 spiro atoms. The van der Waals surface area contributed by atoms with E-state index in [4.69, 9.17) is 10.7 Å². The number of amidine groups is 1. The molecule has 2 unspecified atom stereocenters. The van der Waals surface area contributed by atoms with Crippen LogP contribution < -0.4 is 16.4 Å². The summed E-state index contributed by atoms with van der Waals surface area (Å²) < 4.78 is 27.3. The van der Waals surface area contributed by atoms with Crippen LogP contribution in [0, 0.1) is 11.6 Å². The van der Waals surface area contributed by atoms with E-state index in [1.807, 2.05) is 51.3 Å². The summed E-state index contributed by atoms with van der Waals surface area (Å²) in [6.07, 6.45) is 4.27. The average molecular weight is 658 g/mol. The van der Waals surface area contributed by atoms with E-state index in [-0.39, 0.29) is 11.6 Å². The fourth-order valence-corrected chi connectivity index (χ4v) is 5.18. The minimum absolute atomic E-state index is 0.105. The molecule has 0 fully saturated rings. The van der Waals surface area contributed by atoms with Crippen LogP contribution in [0.5, 0.6) is 0 Å². The van der Waals surface area contributed by atoms with Gasteiger partial charge >= 0.3 is 0 Å². The highest BCUT2D eigenvalue weighted by Crippen LogP contribution is 2.32. The molecule has 8 nitrogen and oxygen atoms in total. The number of nitrogen functional groups attached to an aromatic ring is 1. The van der Waals surface area contributed by atoms with Gasteiger partial charge in [0.25, 0.3) is 5.91 Å². The van der Waals surface area contributed by atoms with E-state index in [9.17, 15) is 13.6 Å².